The number of nitrogens with zero attached hydrogens (tertiary/aromatic N) is 1. The van der Waals surface area contributed by atoms with Gasteiger partial charge < -0.3 is 15.0 Å². The van der Waals surface area contributed by atoms with Crippen molar-refractivity contribution in [3.05, 3.63) is 64.6 Å². The number of ether oxygens (including phenoxy) is 1. The first-order valence-electron chi connectivity index (χ1n) is 6.36. The molecule has 1 aromatic heterocycles. The molecule has 0 radical (unpaired) electrons. The number of nitrogens with two attached hydrogens (primary N) is 1. The van der Waals surface area contributed by atoms with Crippen molar-refractivity contribution in [2.45, 2.75) is 19.5 Å². The van der Waals surface area contributed by atoms with Gasteiger partial charge in [0.2, 0.25) is 0 Å². The van der Waals surface area contributed by atoms with E-state index in [0.717, 1.165) is 24.3 Å². The van der Waals surface area contributed by atoms with Crippen LogP contribution in [0.3, 0.4) is 0 Å². The van der Waals surface area contributed by atoms with Crippen molar-refractivity contribution in [3.63, 3.8) is 0 Å². The first kappa shape index (κ1) is 13.4. The summed E-state index contributed by atoms with van der Waals surface area (Å²) in [6.45, 7) is 1.93. The number of rotatable bonds is 6. The van der Waals surface area contributed by atoms with Gasteiger partial charge in [-0.05, 0) is 12.5 Å². The van der Waals surface area contributed by atoms with Crippen LogP contribution in [0.5, 0.6) is 5.75 Å². The Morgan fingerprint density at radius 2 is 1.84 bits per heavy atom. The van der Waals surface area contributed by atoms with Gasteiger partial charge in [0.25, 0.3) is 0 Å². The molecule has 2 rings (SSSR count). The summed E-state index contributed by atoms with van der Waals surface area (Å²) in [6, 6.07) is 10.9. The molecule has 100 valence electrons. The van der Waals surface area contributed by atoms with Gasteiger partial charge in [-0.2, -0.15) is 0 Å². The van der Waals surface area contributed by atoms with Crippen molar-refractivity contribution in [2.24, 2.45) is 5.73 Å². The lowest BCUT2D eigenvalue weighted by molar-refractivity contribution is 0.299. The fourth-order valence-electron chi connectivity index (χ4n) is 1.84. The molecule has 0 saturated heterocycles. The minimum absolute atomic E-state index is 0.0318. The highest BCUT2D eigenvalue weighted by atomic mass is 16.5. The number of benzene rings is 1. The van der Waals surface area contributed by atoms with E-state index in [2.05, 4.69) is 0 Å². The highest BCUT2D eigenvalue weighted by Gasteiger charge is 2.00. The van der Waals surface area contributed by atoms with Crippen LogP contribution in [0.2, 0.25) is 0 Å². The van der Waals surface area contributed by atoms with Crippen LogP contribution in [0.25, 0.3) is 0 Å². The molecule has 0 atom stereocenters. The zero-order chi connectivity index (χ0) is 13.5. The molecule has 2 N–H and O–H groups in total. The van der Waals surface area contributed by atoms with Gasteiger partial charge in [-0.25, -0.2) is 0 Å². The van der Waals surface area contributed by atoms with Crippen molar-refractivity contribution < 1.29 is 4.74 Å². The number of para-hydroxylation sites is 1. The van der Waals surface area contributed by atoms with Crippen LogP contribution >= 0.6 is 0 Å². The minimum atomic E-state index is 0.0318. The fourth-order valence-corrected chi connectivity index (χ4v) is 1.84. The maximum absolute atomic E-state index is 11.0. The van der Waals surface area contributed by atoms with Crippen LogP contribution in [0, 0.1) is 0 Å². The van der Waals surface area contributed by atoms with Crippen molar-refractivity contribution in [3.8, 4) is 5.75 Å². The molecule has 0 aliphatic carbocycles. The second kappa shape index (κ2) is 6.75. The molecule has 0 unspecified atom stereocenters. The lowest BCUT2D eigenvalue weighted by Gasteiger charge is -2.10. The number of pyridine rings is 1. The second-order valence-electron chi connectivity index (χ2n) is 4.29. The second-order valence-corrected chi connectivity index (χ2v) is 4.29. The van der Waals surface area contributed by atoms with Crippen molar-refractivity contribution in [1.82, 2.24) is 4.57 Å². The highest BCUT2D eigenvalue weighted by Crippen LogP contribution is 2.17. The van der Waals surface area contributed by atoms with Gasteiger partial charge in [-0.15, -0.1) is 0 Å². The number of hydrogen-bond acceptors (Lipinski definition) is 3. The summed E-state index contributed by atoms with van der Waals surface area (Å²) in [6.07, 6.45) is 4.45. The molecular formula is C15H18N2O2. The number of hydrogen-bond donors (Lipinski definition) is 1. The summed E-state index contributed by atoms with van der Waals surface area (Å²) in [4.78, 5) is 11.0. The van der Waals surface area contributed by atoms with E-state index in [0.29, 0.717) is 13.2 Å². The number of aromatic nitrogens is 1. The topological polar surface area (TPSA) is 57.2 Å². The Balaban J connectivity index is 1.80. The van der Waals surface area contributed by atoms with E-state index in [1.54, 1.807) is 24.5 Å². The lowest BCUT2D eigenvalue weighted by Crippen LogP contribution is -2.08. The molecule has 4 heteroatoms. The largest absolute Gasteiger partial charge is 0.493 e. The summed E-state index contributed by atoms with van der Waals surface area (Å²) in [5, 5.41) is 0. The molecule has 0 aliphatic rings. The fraction of sp³-hybridized carbons (Fsp3) is 0.267. The highest BCUT2D eigenvalue weighted by molar-refractivity contribution is 5.32. The predicted molar refractivity (Wildman–Crippen MR) is 75.1 cm³/mol. The molecule has 4 nitrogen and oxygen atoms in total. The van der Waals surface area contributed by atoms with Crippen molar-refractivity contribution in [1.29, 1.82) is 0 Å². The van der Waals surface area contributed by atoms with Crippen LogP contribution in [0.4, 0.5) is 0 Å². The van der Waals surface area contributed by atoms with E-state index in [1.807, 2.05) is 28.8 Å². The first-order valence-corrected chi connectivity index (χ1v) is 6.36. The SMILES string of the molecule is NCc1ccccc1OCCCn1ccc(=O)cc1. The minimum Gasteiger partial charge on any atom is -0.493 e. The predicted octanol–water partition coefficient (Wildman–Crippen LogP) is 1.78. The monoisotopic (exact) mass is 258 g/mol. The Kier molecular flexibility index (Phi) is 4.75. The van der Waals surface area contributed by atoms with E-state index in [4.69, 9.17) is 10.5 Å². The van der Waals surface area contributed by atoms with Gasteiger partial charge in [0.1, 0.15) is 5.75 Å². The summed E-state index contributed by atoms with van der Waals surface area (Å²) < 4.78 is 7.69. The zero-order valence-electron chi connectivity index (χ0n) is 10.8. The standard InChI is InChI=1S/C15H18N2O2/c16-12-13-4-1-2-5-15(13)19-11-3-8-17-9-6-14(18)7-10-17/h1-2,4-7,9-10H,3,8,11-12,16H2. The van der Waals surface area contributed by atoms with E-state index < -0.39 is 0 Å². The normalized spacial score (nSPS) is 10.4. The molecule has 0 bridgehead atoms. The summed E-state index contributed by atoms with van der Waals surface area (Å²) in [5.74, 6) is 0.852. The van der Waals surface area contributed by atoms with E-state index >= 15 is 0 Å². The van der Waals surface area contributed by atoms with Crippen LogP contribution in [-0.2, 0) is 13.1 Å². The van der Waals surface area contributed by atoms with Gasteiger partial charge in [-0.3, -0.25) is 4.79 Å². The molecule has 0 spiro atoms. The molecule has 0 saturated carbocycles. The Bertz CT molecular complexity index is 558. The Labute approximate surface area is 112 Å². The maximum Gasteiger partial charge on any atom is 0.181 e. The molecule has 0 aliphatic heterocycles. The maximum atomic E-state index is 11.0. The van der Waals surface area contributed by atoms with Crippen LogP contribution in [0.15, 0.2) is 53.6 Å². The van der Waals surface area contributed by atoms with Crippen LogP contribution in [0.1, 0.15) is 12.0 Å². The third-order valence-electron chi connectivity index (χ3n) is 2.87. The lowest BCUT2D eigenvalue weighted by atomic mass is 10.2. The average Bonchev–Trinajstić information content (AvgIpc) is 2.46. The molecule has 1 aromatic carbocycles. The Hall–Kier alpha value is -2.07. The molecule has 0 amide bonds. The third-order valence-corrected chi connectivity index (χ3v) is 2.87. The van der Waals surface area contributed by atoms with E-state index in [-0.39, 0.29) is 5.43 Å². The molecule has 1 heterocycles. The van der Waals surface area contributed by atoms with Gasteiger partial charge in [0, 0.05) is 43.2 Å². The average molecular weight is 258 g/mol. The van der Waals surface area contributed by atoms with Crippen LogP contribution < -0.4 is 15.9 Å². The van der Waals surface area contributed by atoms with Gasteiger partial charge in [-0.1, -0.05) is 18.2 Å². The van der Waals surface area contributed by atoms with Crippen molar-refractivity contribution >= 4 is 0 Å². The molecular weight excluding hydrogens is 240 g/mol. The summed E-state index contributed by atoms with van der Waals surface area (Å²) in [5.41, 5.74) is 6.70. The third kappa shape index (κ3) is 3.96. The molecule has 2 aromatic rings. The van der Waals surface area contributed by atoms with Crippen molar-refractivity contribution in [2.75, 3.05) is 6.61 Å². The van der Waals surface area contributed by atoms with E-state index in [1.165, 1.54) is 0 Å². The summed E-state index contributed by atoms with van der Waals surface area (Å²) in [7, 11) is 0. The quantitative estimate of drug-likeness (QED) is 0.803. The van der Waals surface area contributed by atoms with Gasteiger partial charge >= 0.3 is 0 Å². The zero-order valence-corrected chi connectivity index (χ0v) is 10.8. The number of aryl methyl sites for hydroxylation is 1. The first-order chi connectivity index (χ1) is 9.29. The van der Waals surface area contributed by atoms with Crippen LogP contribution in [-0.4, -0.2) is 11.2 Å². The van der Waals surface area contributed by atoms with E-state index in [9.17, 15) is 4.79 Å². The smallest absolute Gasteiger partial charge is 0.181 e. The Morgan fingerprint density at radius 1 is 1.11 bits per heavy atom. The molecule has 19 heavy (non-hydrogen) atoms. The summed E-state index contributed by atoms with van der Waals surface area (Å²) >= 11 is 0. The van der Waals surface area contributed by atoms with Gasteiger partial charge in [0.15, 0.2) is 5.43 Å². The molecule has 0 fully saturated rings. The van der Waals surface area contributed by atoms with Gasteiger partial charge in [0.05, 0.1) is 6.61 Å². The Morgan fingerprint density at radius 3 is 2.58 bits per heavy atom.